The minimum absolute atomic E-state index is 0.237. The maximum atomic E-state index is 3.64. The molecule has 76 valence electrons. The molecule has 0 radical (unpaired) electrons. The Hall–Kier alpha value is -0.820. The third-order valence-electron chi connectivity index (χ3n) is 3.28. The lowest BCUT2D eigenvalue weighted by Crippen LogP contribution is -2.39. The number of hydrogen-bond acceptors (Lipinski definition) is 1. The Balaban J connectivity index is 2.27. The molecule has 14 heavy (non-hydrogen) atoms. The molecule has 0 bridgehead atoms. The summed E-state index contributed by atoms with van der Waals surface area (Å²) in [6.07, 6.45) is 1.25. The van der Waals surface area contributed by atoms with Crippen molar-refractivity contribution < 1.29 is 0 Å². The second kappa shape index (κ2) is 3.39. The quantitative estimate of drug-likeness (QED) is 0.716. The van der Waals surface area contributed by atoms with Gasteiger partial charge in [-0.3, -0.25) is 0 Å². The molecule has 0 amide bonds. The molecule has 1 aliphatic rings. The SMILES string of the molecule is CC1CC(c2ccccc2)C(C)(C)N1. The Morgan fingerprint density at radius 2 is 1.86 bits per heavy atom. The van der Waals surface area contributed by atoms with E-state index < -0.39 is 0 Å². The molecular weight excluding hydrogens is 170 g/mol. The van der Waals surface area contributed by atoms with Gasteiger partial charge in [-0.05, 0) is 32.8 Å². The van der Waals surface area contributed by atoms with Gasteiger partial charge in [-0.15, -0.1) is 0 Å². The average Bonchev–Trinajstić information content (AvgIpc) is 2.41. The predicted octanol–water partition coefficient (Wildman–Crippen LogP) is 2.93. The molecule has 1 fully saturated rings. The van der Waals surface area contributed by atoms with E-state index in [0.29, 0.717) is 12.0 Å². The largest absolute Gasteiger partial charge is 0.309 e. The zero-order chi connectivity index (χ0) is 10.2. The van der Waals surface area contributed by atoms with Crippen molar-refractivity contribution in [3.05, 3.63) is 35.9 Å². The lowest BCUT2D eigenvalue weighted by Gasteiger charge is -2.27. The summed E-state index contributed by atoms with van der Waals surface area (Å²) >= 11 is 0. The molecule has 0 aromatic heterocycles. The lowest BCUT2D eigenvalue weighted by molar-refractivity contribution is 0.400. The van der Waals surface area contributed by atoms with Crippen molar-refractivity contribution in [2.75, 3.05) is 0 Å². The van der Waals surface area contributed by atoms with Crippen LogP contribution >= 0.6 is 0 Å². The highest BCUT2D eigenvalue weighted by Crippen LogP contribution is 2.37. The third kappa shape index (κ3) is 1.69. The fourth-order valence-corrected chi connectivity index (χ4v) is 2.68. The first kappa shape index (κ1) is 9.72. The monoisotopic (exact) mass is 189 g/mol. The summed E-state index contributed by atoms with van der Waals surface area (Å²) in [5.41, 5.74) is 1.70. The van der Waals surface area contributed by atoms with E-state index in [1.165, 1.54) is 12.0 Å². The van der Waals surface area contributed by atoms with E-state index in [-0.39, 0.29) is 5.54 Å². The van der Waals surface area contributed by atoms with E-state index in [2.05, 4.69) is 56.4 Å². The zero-order valence-corrected chi connectivity index (χ0v) is 9.25. The van der Waals surface area contributed by atoms with E-state index in [9.17, 15) is 0 Å². The van der Waals surface area contributed by atoms with Crippen LogP contribution in [0.15, 0.2) is 30.3 Å². The first-order valence-corrected chi connectivity index (χ1v) is 5.42. The van der Waals surface area contributed by atoms with E-state index in [0.717, 1.165) is 0 Å². The Morgan fingerprint density at radius 1 is 1.21 bits per heavy atom. The van der Waals surface area contributed by atoms with Crippen molar-refractivity contribution in [2.45, 2.75) is 44.7 Å². The van der Waals surface area contributed by atoms with Crippen LogP contribution in [-0.4, -0.2) is 11.6 Å². The van der Waals surface area contributed by atoms with Gasteiger partial charge in [0, 0.05) is 17.5 Å². The van der Waals surface area contributed by atoms with E-state index in [4.69, 9.17) is 0 Å². The van der Waals surface area contributed by atoms with Gasteiger partial charge in [0.15, 0.2) is 0 Å². The molecule has 1 heteroatoms. The van der Waals surface area contributed by atoms with Crippen molar-refractivity contribution in [3.8, 4) is 0 Å². The van der Waals surface area contributed by atoms with Gasteiger partial charge in [0.1, 0.15) is 0 Å². The van der Waals surface area contributed by atoms with Crippen LogP contribution in [-0.2, 0) is 0 Å². The molecular formula is C13H19N. The molecule has 0 spiro atoms. The average molecular weight is 189 g/mol. The Morgan fingerprint density at radius 3 is 2.36 bits per heavy atom. The summed E-state index contributed by atoms with van der Waals surface area (Å²) in [6, 6.07) is 11.5. The Kier molecular flexibility index (Phi) is 2.36. The van der Waals surface area contributed by atoms with Gasteiger partial charge in [0.05, 0.1) is 0 Å². The Bertz CT molecular complexity index is 302. The van der Waals surface area contributed by atoms with Crippen LogP contribution in [0.1, 0.15) is 38.7 Å². The molecule has 1 nitrogen and oxygen atoms in total. The normalized spacial score (nSPS) is 30.5. The van der Waals surface area contributed by atoms with Gasteiger partial charge in [0.2, 0.25) is 0 Å². The molecule has 1 aliphatic heterocycles. The summed E-state index contributed by atoms with van der Waals surface area (Å²) < 4.78 is 0. The van der Waals surface area contributed by atoms with E-state index in [1.54, 1.807) is 0 Å². The number of hydrogen-bond donors (Lipinski definition) is 1. The van der Waals surface area contributed by atoms with Crippen molar-refractivity contribution >= 4 is 0 Å². The van der Waals surface area contributed by atoms with Gasteiger partial charge in [-0.25, -0.2) is 0 Å². The standard InChI is InChI=1S/C13H19N/c1-10-9-12(13(2,3)14-10)11-7-5-4-6-8-11/h4-8,10,12,14H,9H2,1-3H3. The van der Waals surface area contributed by atoms with Gasteiger partial charge < -0.3 is 5.32 Å². The number of nitrogens with one attached hydrogen (secondary N) is 1. The van der Waals surface area contributed by atoms with Gasteiger partial charge in [0.25, 0.3) is 0 Å². The maximum absolute atomic E-state index is 3.64. The first-order chi connectivity index (χ1) is 6.59. The minimum atomic E-state index is 0.237. The fraction of sp³-hybridized carbons (Fsp3) is 0.538. The summed E-state index contributed by atoms with van der Waals surface area (Å²) in [6.45, 7) is 6.87. The second-order valence-electron chi connectivity index (χ2n) is 4.97. The van der Waals surface area contributed by atoms with Crippen molar-refractivity contribution in [2.24, 2.45) is 0 Å². The smallest absolute Gasteiger partial charge is 0.0196 e. The molecule has 1 N–H and O–H groups in total. The Labute approximate surface area is 86.5 Å². The molecule has 2 atom stereocenters. The summed E-state index contributed by atoms with van der Waals surface area (Å²) in [5.74, 6) is 0.652. The summed E-state index contributed by atoms with van der Waals surface area (Å²) in [5, 5.41) is 3.64. The molecule has 0 saturated carbocycles. The minimum Gasteiger partial charge on any atom is -0.309 e. The third-order valence-corrected chi connectivity index (χ3v) is 3.28. The molecule has 2 unspecified atom stereocenters. The fourth-order valence-electron chi connectivity index (χ4n) is 2.68. The van der Waals surface area contributed by atoms with Crippen molar-refractivity contribution in [3.63, 3.8) is 0 Å². The molecule has 1 aromatic carbocycles. The van der Waals surface area contributed by atoms with Crippen LogP contribution < -0.4 is 5.32 Å². The highest BCUT2D eigenvalue weighted by molar-refractivity contribution is 5.25. The first-order valence-electron chi connectivity index (χ1n) is 5.42. The van der Waals surface area contributed by atoms with E-state index in [1.807, 2.05) is 0 Å². The van der Waals surface area contributed by atoms with Crippen molar-refractivity contribution in [1.29, 1.82) is 0 Å². The van der Waals surface area contributed by atoms with Crippen LogP contribution in [0.25, 0.3) is 0 Å². The molecule has 1 saturated heterocycles. The highest BCUT2D eigenvalue weighted by Gasteiger charge is 2.38. The number of benzene rings is 1. The topological polar surface area (TPSA) is 12.0 Å². The van der Waals surface area contributed by atoms with Gasteiger partial charge in [-0.1, -0.05) is 30.3 Å². The molecule has 1 aromatic rings. The van der Waals surface area contributed by atoms with Crippen LogP contribution in [0, 0.1) is 0 Å². The highest BCUT2D eigenvalue weighted by atomic mass is 15.0. The van der Waals surface area contributed by atoms with Crippen LogP contribution in [0.5, 0.6) is 0 Å². The van der Waals surface area contributed by atoms with Gasteiger partial charge >= 0.3 is 0 Å². The van der Waals surface area contributed by atoms with E-state index >= 15 is 0 Å². The molecule has 2 rings (SSSR count). The second-order valence-corrected chi connectivity index (χ2v) is 4.97. The summed E-state index contributed by atoms with van der Waals surface area (Å²) in [4.78, 5) is 0. The van der Waals surface area contributed by atoms with Crippen LogP contribution in [0.4, 0.5) is 0 Å². The van der Waals surface area contributed by atoms with Crippen LogP contribution in [0.2, 0.25) is 0 Å². The van der Waals surface area contributed by atoms with Crippen molar-refractivity contribution in [1.82, 2.24) is 5.32 Å². The van der Waals surface area contributed by atoms with Crippen LogP contribution in [0.3, 0.4) is 0 Å². The summed E-state index contributed by atoms with van der Waals surface area (Å²) in [7, 11) is 0. The zero-order valence-electron chi connectivity index (χ0n) is 9.25. The predicted molar refractivity (Wildman–Crippen MR) is 60.5 cm³/mol. The maximum Gasteiger partial charge on any atom is 0.0196 e. The molecule has 0 aliphatic carbocycles. The lowest BCUT2D eigenvalue weighted by atomic mass is 9.83. The van der Waals surface area contributed by atoms with Gasteiger partial charge in [-0.2, -0.15) is 0 Å². The molecule has 1 heterocycles. The number of rotatable bonds is 1.